The number of hydrogen-bond acceptors (Lipinski definition) is 1. The van der Waals surface area contributed by atoms with Crippen LogP contribution in [-0.2, 0) is 4.79 Å². The molecule has 1 rings (SSSR count). The van der Waals surface area contributed by atoms with Gasteiger partial charge >= 0.3 is 0 Å². The van der Waals surface area contributed by atoms with Gasteiger partial charge in [-0.05, 0) is 17.3 Å². The third kappa shape index (κ3) is 2.75. The second-order valence-corrected chi connectivity index (χ2v) is 7.21. The van der Waals surface area contributed by atoms with E-state index in [1.54, 1.807) is 0 Å². The lowest BCUT2D eigenvalue weighted by Crippen LogP contribution is -2.29. The van der Waals surface area contributed by atoms with E-state index in [1.807, 2.05) is 0 Å². The topological polar surface area (TPSA) is 17.1 Å². The largest absolute Gasteiger partial charge is 0.299 e. The highest BCUT2D eigenvalue weighted by Crippen LogP contribution is 2.44. The highest BCUT2D eigenvalue weighted by atomic mass is 16.1. The molecular formula is C15H26O. The summed E-state index contributed by atoms with van der Waals surface area (Å²) in [6.07, 6.45) is 1.62. The lowest BCUT2D eigenvalue weighted by molar-refractivity contribution is -0.122. The zero-order valence-electron chi connectivity index (χ0n) is 11.9. The van der Waals surface area contributed by atoms with Gasteiger partial charge < -0.3 is 0 Å². The van der Waals surface area contributed by atoms with Crippen LogP contribution in [0.4, 0.5) is 0 Å². The Labute approximate surface area is 100 Å². The van der Waals surface area contributed by atoms with Crippen molar-refractivity contribution in [3.63, 3.8) is 0 Å². The number of Topliss-reactive ketones (excluding diaryl/α,β-unsaturated/α-hetero) is 1. The first-order chi connectivity index (χ1) is 7.03. The van der Waals surface area contributed by atoms with Crippen molar-refractivity contribution in [3.05, 3.63) is 11.1 Å². The summed E-state index contributed by atoms with van der Waals surface area (Å²) < 4.78 is 0. The summed E-state index contributed by atoms with van der Waals surface area (Å²) in [4.78, 5) is 11.9. The van der Waals surface area contributed by atoms with Crippen molar-refractivity contribution in [2.75, 3.05) is 0 Å². The molecule has 0 saturated carbocycles. The summed E-state index contributed by atoms with van der Waals surface area (Å²) in [6, 6.07) is 0. The highest BCUT2D eigenvalue weighted by molar-refractivity contribution is 5.85. The van der Waals surface area contributed by atoms with Crippen LogP contribution in [0, 0.1) is 16.7 Å². The average Bonchev–Trinajstić information content (AvgIpc) is 2.05. The molecule has 1 heteroatoms. The molecule has 1 atom stereocenters. The summed E-state index contributed by atoms with van der Waals surface area (Å²) in [5.74, 6) is 0.623. The van der Waals surface area contributed by atoms with E-state index in [0.29, 0.717) is 12.2 Å². The van der Waals surface area contributed by atoms with Crippen molar-refractivity contribution in [3.8, 4) is 0 Å². The maximum Gasteiger partial charge on any atom is 0.140 e. The third-order valence-electron chi connectivity index (χ3n) is 3.59. The van der Waals surface area contributed by atoms with Crippen LogP contribution in [0.2, 0.25) is 0 Å². The van der Waals surface area contributed by atoms with Crippen LogP contribution in [-0.4, -0.2) is 5.78 Å². The molecule has 0 aromatic carbocycles. The number of ketones is 1. The van der Waals surface area contributed by atoms with Gasteiger partial charge in [0.15, 0.2) is 0 Å². The Hall–Kier alpha value is -0.590. The molecule has 0 aliphatic heterocycles. The summed E-state index contributed by atoms with van der Waals surface area (Å²) in [6.45, 7) is 15.5. The summed E-state index contributed by atoms with van der Waals surface area (Å²) in [5, 5.41) is 0. The minimum absolute atomic E-state index is 0.123. The summed E-state index contributed by atoms with van der Waals surface area (Å²) in [7, 11) is 0. The number of hydrogen-bond donors (Lipinski definition) is 0. The van der Waals surface area contributed by atoms with Crippen molar-refractivity contribution in [1.82, 2.24) is 0 Å². The van der Waals surface area contributed by atoms with E-state index >= 15 is 0 Å². The Morgan fingerprint density at radius 1 is 0.938 bits per heavy atom. The Kier molecular flexibility index (Phi) is 3.38. The number of rotatable bonds is 0. The SMILES string of the molecule is CC1CC(C(C)(C)C)=C(C(C)(C)C)CC1=O. The van der Waals surface area contributed by atoms with Gasteiger partial charge in [0.1, 0.15) is 5.78 Å². The number of carbonyl (C=O) groups is 1. The molecule has 1 unspecified atom stereocenters. The van der Waals surface area contributed by atoms with Gasteiger partial charge in [0, 0.05) is 12.3 Å². The predicted molar refractivity (Wildman–Crippen MR) is 69.3 cm³/mol. The second-order valence-electron chi connectivity index (χ2n) is 7.21. The fourth-order valence-electron chi connectivity index (χ4n) is 2.48. The quantitative estimate of drug-likeness (QED) is 0.556. The fraction of sp³-hybridized carbons (Fsp3) is 0.800. The molecule has 1 aliphatic rings. The van der Waals surface area contributed by atoms with Gasteiger partial charge in [-0.25, -0.2) is 0 Å². The minimum atomic E-state index is 0.123. The average molecular weight is 222 g/mol. The van der Waals surface area contributed by atoms with Crippen LogP contribution >= 0.6 is 0 Å². The molecule has 0 amide bonds. The Balaban J connectivity index is 3.26. The monoisotopic (exact) mass is 222 g/mol. The van der Waals surface area contributed by atoms with E-state index in [0.717, 1.165) is 6.42 Å². The molecule has 0 saturated heterocycles. The molecule has 0 aromatic heterocycles. The van der Waals surface area contributed by atoms with E-state index in [9.17, 15) is 4.79 Å². The molecule has 0 spiro atoms. The maximum atomic E-state index is 11.9. The Bertz CT molecular complexity index is 320. The van der Waals surface area contributed by atoms with E-state index < -0.39 is 0 Å². The van der Waals surface area contributed by atoms with Gasteiger partial charge in [0.2, 0.25) is 0 Å². The Morgan fingerprint density at radius 3 is 1.75 bits per heavy atom. The van der Waals surface area contributed by atoms with Crippen LogP contribution in [0.25, 0.3) is 0 Å². The first-order valence-corrected chi connectivity index (χ1v) is 6.29. The van der Waals surface area contributed by atoms with Crippen LogP contribution < -0.4 is 0 Å². The van der Waals surface area contributed by atoms with Crippen molar-refractivity contribution in [2.45, 2.75) is 61.3 Å². The minimum Gasteiger partial charge on any atom is -0.299 e. The lowest BCUT2D eigenvalue weighted by Gasteiger charge is -2.38. The summed E-state index contributed by atoms with van der Waals surface area (Å²) in [5.41, 5.74) is 3.20. The van der Waals surface area contributed by atoms with E-state index in [4.69, 9.17) is 0 Å². The molecule has 1 aliphatic carbocycles. The van der Waals surface area contributed by atoms with Crippen LogP contribution in [0.15, 0.2) is 11.1 Å². The van der Waals surface area contributed by atoms with Gasteiger partial charge in [-0.15, -0.1) is 0 Å². The molecule has 0 heterocycles. The molecule has 0 bridgehead atoms. The standard InChI is InChI=1S/C15H26O/c1-10-8-11(14(2,3)4)12(9-13(10)16)15(5,6)7/h10H,8-9H2,1-7H3. The highest BCUT2D eigenvalue weighted by Gasteiger charge is 2.35. The molecule has 0 aromatic rings. The smallest absolute Gasteiger partial charge is 0.140 e. The van der Waals surface area contributed by atoms with Gasteiger partial charge in [0.05, 0.1) is 0 Å². The molecule has 1 nitrogen and oxygen atoms in total. The zero-order chi connectivity index (χ0) is 12.7. The van der Waals surface area contributed by atoms with Gasteiger partial charge in [0.25, 0.3) is 0 Å². The zero-order valence-corrected chi connectivity index (χ0v) is 11.9. The first kappa shape index (κ1) is 13.5. The fourth-order valence-corrected chi connectivity index (χ4v) is 2.48. The van der Waals surface area contributed by atoms with Crippen LogP contribution in [0.5, 0.6) is 0 Å². The number of allylic oxidation sites excluding steroid dienone is 2. The van der Waals surface area contributed by atoms with Gasteiger partial charge in [-0.2, -0.15) is 0 Å². The molecule has 16 heavy (non-hydrogen) atoms. The van der Waals surface area contributed by atoms with E-state index in [-0.39, 0.29) is 16.7 Å². The normalized spacial score (nSPS) is 23.9. The van der Waals surface area contributed by atoms with E-state index in [1.165, 1.54) is 11.1 Å². The van der Waals surface area contributed by atoms with E-state index in [2.05, 4.69) is 48.5 Å². The molecular weight excluding hydrogens is 196 g/mol. The predicted octanol–water partition coefficient (Wildman–Crippen LogP) is 4.37. The van der Waals surface area contributed by atoms with Gasteiger partial charge in [-0.3, -0.25) is 4.79 Å². The number of carbonyl (C=O) groups excluding carboxylic acids is 1. The molecule has 92 valence electrons. The van der Waals surface area contributed by atoms with Crippen molar-refractivity contribution >= 4 is 5.78 Å². The van der Waals surface area contributed by atoms with Crippen LogP contribution in [0.1, 0.15) is 61.3 Å². The third-order valence-corrected chi connectivity index (χ3v) is 3.59. The van der Waals surface area contributed by atoms with Crippen LogP contribution in [0.3, 0.4) is 0 Å². The first-order valence-electron chi connectivity index (χ1n) is 6.29. The summed E-state index contributed by atoms with van der Waals surface area (Å²) >= 11 is 0. The second kappa shape index (κ2) is 4.01. The van der Waals surface area contributed by atoms with Crippen molar-refractivity contribution < 1.29 is 4.79 Å². The van der Waals surface area contributed by atoms with Crippen molar-refractivity contribution in [2.24, 2.45) is 16.7 Å². The lowest BCUT2D eigenvalue weighted by atomic mass is 9.67. The van der Waals surface area contributed by atoms with Gasteiger partial charge in [-0.1, -0.05) is 59.6 Å². The molecule has 0 N–H and O–H groups in total. The molecule has 0 radical (unpaired) electrons. The maximum absolute atomic E-state index is 11.9. The Morgan fingerprint density at radius 2 is 1.38 bits per heavy atom. The molecule has 0 fully saturated rings. The van der Waals surface area contributed by atoms with Crippen molar-refractivity contribution in [1.29, 1.82) is 0 Å².